The van der Waals surface area contributed by atoms with Crippen molar-refractivity contribution >= 4 is 17.6 Å². The lowest BCUT2D eigenvalue weighted by molar-refractivity contribution is -0.121. The molecule has 19 heavy (non-hydrogen) atoms. The molecule has 1 aromatic rings. The van der Waals surface area contributed by atoms with Gasteiger partial charge in [0.2, 0.25) is 5.91 Å². The number of carbonyl (C=O) groups is 2. The molecule has 1 heterocycles. The van der Waals surface area contributed by atoms with Gasteiger partial charge in [-0.25, -0.2) is 4.79 Å². The van der Waals surface area contributed by atoms with Gasteiger partial charge >= 0.3 is 6.03 Å². The number of benzene rings is 1. The molecule has 1 aromatic carbocycles. The highest BCUT2D eigenvalue weighted by Crippen LogP contribution is 2.19. The van der Waals surface area contributed by atoms with Crippen LogP contribution in [0.3, 0.4) is 0 Å². The van der Waals surface area contributed by atoms with E-state index in [1.165, 1.54) is 0 Å². The second-order valence-electron chi connectivity index (χ2n) is 4.28. The van der Waals surface area contributed by atoms with Crippen molar-refractivity contribution in [3.63, 3.8) is 0 Å². The molecule has 0 unspecified atom stereocenters. The van der Waals surface area contributed by atoms with E-state index >= 15 is 0 Å². The minimum Gasteiger partial charge on any atom is -0.351 e. The first-order valence-electron chi connectivity index (χ1n) is 6.21. The second kappa shape index (κ2) is 6.04. The summed E-state index contributed by atoms with van der Waals surface area (Å²) in [7, 11) is 0. The summed E-state index contributed by atoms with van der Waals surface area (Å²) in [6.07, 6.45) is 1.61. The zero-order chi connectivity index (χ0) is 13.7. The SMILES string of the molecule is C=CCNC(=O)CN1CCN(c2ccccc2)C1=O. The van der Waals surface area contributed by atoms with Gasteiger partial charge in [-0.1, -0.05) is 24.3 Å². The summed E-state index contributed by atoms with van der Waals surface area (Å²) in [5, 5.41) is 2.66. The number of nitrogens with one attached hydrogen (secondary N) is 1. The third-order valence-electron chi connectivity index (χ3n) is 2.94. The predicted molar refractivity (Wildman–Crippen MR) is 74.0 cm³/mol. The lowest BCUT2D eigenvalue weighted by Gasteiger charge is -2.18. The van der Waals surface area contributed by atoms with Crippen LogP contribution in [0.15, 0.2) is 43.0 Å². The van der Waals surface area contributed by atoms with Crippen LogP contribution in [0.5, 0.6) is 0 Å². The number of carbonyl (C=O) groups excluding carboxylic acids is 2. The van der Waals surface area contributed by atoms with Gasteiger partial charge in [0.1, 0.15) is 6.54 Å². The van der Waals surface area contributed by atoms with Gasteiger partial charge in [0.15, 0.2) is 0 Å². The molecule has 0 radical (unpaired) electrons. The van der Waals surface area contributed by atoms with Crippen molar-refractivity contribution in [3.8, 4) is 0 Å². The van der Waals surface area contributed by atoms with Crippen LogP contribution >= 0.6 is 0 Å². The Bertz CT molecular complexity index is 473. The fourth-order valence-corrected chi connectivity index (χ4v) is 1.99. The number of hydrogen-bond donors (Lipinski definition) is 1. The standard InChI is InChI=1S/C14H17N3O2/c1-2-8-15-13(18)11-16-9-10-17(14(16)19)12-6-4-3-5-7-12/h2-7H,1,8-11H2,(H,15,18). The third-order valence-corrected chi connectivity index (χ3v) is 2.94. The first-order chi connectivity index (χ1) is 9.22. The molecule has 5 nitrogen and oxygen atoms in total. The highest BCUT2D eigenvalue weighted by Gasteiger charge is 2.30. The number of rotatable bonds is 5. The van der Waals surface area contributed by atoms with Crippen molar-refractivity contribution in [1.29, 1.82) is 0 Å². The van der Waals surface area contributed by atoms with E-state index < -0.39 is 0 Å². The van der Waals surface area contributed by atoms with Crippen LogP contribution in [0, 0.1) is 0 Å². The summed E-state index contributed by atoms with van der Waals surface area (Å²) >= 11 is 0. The molecule has 100 valence electrons. The quantitative estimate of drug-likeness (QED) is 0.809. The maximum atomic E-state index is 12.2. The van der Waals surface area contributed by atoms with E-state index in [0.29, 0.717) is 19.6 Å². The maximum absolute atomic E-state index is 12.2. The topological polar surface area (TPSA) is 52.7 Å². The Morgan fingerprint density at radius 1 is 1.32 bits per heavy atom. The number of urea groups is 1. The smallest absolute Gasteiger partial charge is 0.325 e. The summed E-state index contributed by atoms with van der Waals surface area (Å²) < 4.78 is 0. The molecule has 0 bridgehead atoms. The molecule has 0 spiro atoms. The molecule has 3 amide bonds. The maximum Gasteiger partial charge on any atom is 0.325 e. The molecule has 1 fully saturated rings. The van der Waals surface area contributed by atoms with Crippen molar-refractivity contribution in [2.45, 2.75) is 0 Å². The molecule has 0 atom stereocenters. The molecule has 0 saturated carbocycles. The largest absolute Gasteiger partial charge is 0.351 e. The van der Waals surface area contributed by atoms with Crippen molar-refractivity contribution in [1.82, 2.24) is 10.2 Å². The molecule has 0 aliphatic carbocycles. The molecule has 1 aliphatic heterocycles. The monoisotopic (exact) mass is 259 g/mol. The van der Waals surface area contributed by atoms with Crippen LogP contribution in [0.1, 0.15) is 0 Å². The van der Waals surface area contributed by atoms with E-state index in [4.69, 9.17) is 0 Å². The number of amides is 3. The Labute approximate surface area is 112 Å². The molecular weight excluding hydrogens is 242 g/mol. The Morgan fingerprint density at radius 3 is 2.74 bits per heavy atom. The van der Waals surface area contributed by atoms with E-state index in [-0.39, 0.29) is 18.5 Å². The average Bonchev–Trinajstić information content (AvgIpc) is 2.79. The molecule has 2 rings (SSSR count). The van der Waals surface area contributed by atoms with E-state index in [2.05, 4.69) is 11.9 Å². The van der Waals surface area contributed by atoms with Crippen LogP contribution < -0.4 is 10.2 Å². The van der Waals surface area contributed by atoms with E-state index in [9.17, 15) is 9.59 Å². The van der Waals surface area contributed by atoms with Gasteiger partial charge in [0, 0.05) is 25.3 Å². The fourth-order valence-electron chi connectivity index (χ4n) is 1.99. The minimum absolute atomic E-state index is 0.0933. The zero-order valence-electron chi connectivity index (χ0n) is 10.7. The number of hydrogen-bond acceptors (Lipinski definition) is 2. The molecule has 1 N–H and O–H groups in total. The van der Waals surface area contributed by atoms with Gasteiger partial charge in [0.25, 0.3) is 0 Å². The first kappa shape index (κ1) is 13.1. The van der Waals surface area contributed by atoms with Crippen molar-refractivity contribution in [2.75, 3.05) is 31.1 Å². The van der Waals surface area contributed by atoms with Gasteiger partial charge < -0.3 is 10.2 Å². The van der Waals surface area contributed by atoms with E-state index in [1.807, 2.05) is 30.3 Å². The Balaban J connectivity index is 1.95. The number of anilines is 1. The number of nitrogens with zero attached hydrogens (tertiary/aromatic N) is 2. The van der Waals surface area contributed by atoms with Crippen LogP contribution in [0.25, 0.3) is 0 Å². The molecule has 5 heteroatoms. The lowest BCUT2D eigenvalue weighted by atomic mass is 10.3. The van der Waals surface area contributed by atoms with Crippen molar-refractivity contribution in [2.24, 2.45) is 0 Å². The van der Waals surface area contributed by atoms with Crippen LogP contribution in [0.4, 0.5) is 10.5 Å². The van der Waals surface area contributed by atoms with Gasteiger partial charge in [0.05, 0.1) is 0 Å². The lowest BCUT2D eigenvalue weighted by Crippen LogP contribution is -2.40. The van der Waals surface area contributed by atoms with Crippen LogP contribution in [-0.4, -0.2) is 43.0 Å². The summed E-state index contributed by atoms with van der Waals surface area (Å²) in [4.78, 5) is 27.0. The molecular formula is C14H17N3O2. The predicted octanol–water partition coefficient (Wildman–Crippen LogP) is 1.23. The summed E-state index contributed by atoms with van der Waals surface area (Å²) in [5.41, 5.74) is 0.862. The summed E-state index contributed by atoms with van der Waals surface area (Å²) in [6, 6.07) is 9.34. The average molecular weight is 259 g/mol. The van der Waals surface area contributed by atoms with E-state index in [0.717, 1.165) is 5.69 Å². The zero-order valence-corrected chi connectivity index (χ0v) is 10.7. The summed E-state index contributed by atoms with van der Waals surface area (Å²) in [5.74, 6) is -0.164. The van der Waals surface area contributed by atoms with Crippen molar-refractivity contribution in [3.05, 3.63) is 43.0 Å². The second-order valence-corrected chi connectivity index (χ2v) is 4.28. The van der Waals surface area contributed by atoms with Gasteiger partial charge in [-0.05, 0) is 12.1 Å². The Hall–Kier alpha value is -2.30. The normalized spacial score (nSPS) is 14.6. The fraction of sp³-hybridized carbons (Fsp3) is 0.286. The summed E-state index contributed by atoms with van der Waals surface area (Å²) in [6.45, 7) is 5.21. The van der Waals surface area contributed by atoms with Gasteiger partial charge in [-0.2, -0.15) is 0 Å². The molecule has 1 aliphatic rings. The van der Waals surface area contributed by atoms with Gasteiger partial charge in [-0.15, -0.1) is 6.58 Å². The highest BCUT2D eigenvalue weighted by atomic mass is 16.2. The highest BCUT2D eigenvalue weighted by molar-refractivity contribution is 5.96. The number of para-hydroxylation sites is 1. The Kier molecular flexibility index (Phi) is 4.18. The third kappa shape index (κ3) is 3.13. The Morgan fingerprint density at radius 2 is 2.05 bits per heavy atom. The van der Waals surface area contributed by atoms with E-state index in [1.54, 1.807) is 15.9 Å². The van der Waals surface area contributed by atoms with Crippen LogP contribution in [0.2, 0.25) is 0 Å². The van der Waals surface area contributed by atoms with Crippen LogP contribution in [-0.2, 0) is 4.79 Å². The molecule has 0 aromatic heterocycles. The molecule has 1 saturated heterocycles. The van der Waals surface area contributed by atoms with Crippen molar-refractivity contribution < 1.29 is 9.59 Å². The first-order valence-corrected chi connectivity index (χ1v) is 6.21. The minimum atomic E-state index is -0.164. The van der Waals surface area contributed by atoms with Gasteiger partial charge in [-0.3, -0.25) is 9.69 Å².